The molecule has 5 rings (SSSR count). The molecule has 2 heterocycles. The topological polar surface area (TPSA) is 93.4 Å². The number of amides is 3. The number of anilines is 1. The van der Waals surface area contributed by atoms with Crippen molar-refractivity contribution in [2.24, 2.45) is 7.05 Å². The number of halogens is 4. The zero-order chi connectivity index (χ0) is 28.9. The lowest BCUT2D eigenvalue weighted by Crippen LogP contribution is -2.49. The van der Waals surface area contributed by atoms with Gasteiger partial charge in [0.15, 0.2) is 0 Å². The highest BCUT2D eigenvalue weighted by atomic mass is 35.5. The Bertz CT molecular complexity index is 1700. The number of benzene rings is 3. The highest BCUT2D eigenvalue weighted by molar-refractivity contribution is 6.55. The van der Waals surface area contributed by atoms with E-state index in [0.717, 1.165) is 4.90 Å². The molecule has 1 aliphatic rings. The molecular formula is C28H20Cl4N4O4. The largest absolute Gasteiger partial charge is 0.318 e. The Kier molecular flexibility index (Phi) is 7.54. The molecule has 1 N–H and O–H groups in total. The molecule has 3 aromatic carbocycles. The molecule has 40 heavy (non-hydrogen) atoms. The van der Waals surface area contributed by atoms with Crippen LogP contribution in [0.25, 0.3) is 5.69 Å². The summed E-state index contributed by atoms with van der Waals surface area (Å²) >= 11 is 24.9. The van der Waals surface area contributed by atoms with E-state index in [0.29, 0.717) is 16.9 Å². The Morgan fingerprint density at radius 3 is 1.82 bits per heavy atom. The second-order valence-electron chi connectivity index (χ2n) is 9.12. The Balaban J connectivity index is 1.58. The van der Waals surface area contributed by atoms with Crippen molar-refractivity contribution in [3.63, 3.8) is 0 Å². The van der Waals surface area contributed by atoms with Gasteiger partial charge < -0.3 is 5.32 Å². The van der Waals surface area contributed by atoms with E-state index >= 15 is 0 Å². The highest BCUT2D eigenvalue weighted by Gasteiger charge is 2.47. The van der Waals surface area contributed by atoms with E-state index in [1.165, 1.54) is 4.68 Å². The zero-order valence-electron chi connectivity index (χ0n) is 21.0. The van der Waals surface area contributed by atoms with Gasteiger partial charge in [0.1, 0.15) is 11.7 Å². The lowest BCUT2D eigenvalue weighted by Gasteiger charge is -2.25. The maximum Gasteiger partial charge on any atom is 0.295 e. The standard InChI is InChI=1S/C28H20Cl4N4O4/c1-14-24(28(40)36(34(14)2)16-11-7-4-8-12-16)33-25(37)17(13-15-9-5-3-6-10-15)35-26(38)18-19(27(35)39)21(30)23(32)22(31)20(18)29/h3-12,17H,13H2,1-2H3,(H,33,37)/t17-/m1/s1. The highest BCUT2D eigenvalue weighted by Crippen LogP contribution is 2.45. The molecule has 0 aliphatic carbocycles. The van der Waals surface area contributed by atoms with Crippen molar-refractivity contribution < 1.29 is 14.4 Å². The Morgan fingerprint density at radius 2 is 1.30 bits per heavy atom. The molecule has 0 unspecified atom stereocenters. The monoisotopic (exact) mass is 616 g/mol. The molecule has 0 saturated heterocycles. The molecule has 0 bridgehead atoms. The van der Waals surface area contributed by atoms with Crippen LogP contribution in [0.4, 0.5) is 5.69 Å². The summed E-state index contributed by atoms with van der Waals surface area (Å²) in [5.74, 6) is -2.46. The second-order valence-corrected chi connectivity index (χ2v) is 10.6. The molecule has 12 heteroatoms. The van der Waals surface area contributed by atoms with Crippen LogP contribution in [0.2, 0.25) is 20.1 Å². The Hall–Kier alpha value is -3.56. The summed E-state index contributed by atoms with van der Waals surface area (Å²) in [5.41, 5.74) is 0.779. The number of hydrogen-bond acceptors (Lipinski definition) is 4. The molecule has 8 nitrogen and oxygen atoms in total. The number of hydrogen-bond donors (Lipinski definition) is 1. The van der Waals surface area contributed by atoms with Crippen molar-refractivity contribution in [2.45, 2.75) is 19.4 Å². The van der Waals surface area contributed by atoms with Crippen LogP contribution in [-0.4, -0.2) is 38.0 Å². The van der Waals surface area contributed by atoms with Gasteiger partial charge in [0.05, 0.1) is 42.6 Å². The Morgan fingerprint density at radius 1 is 0.800 bits per heavy atom. The summed E-state index contributed by atoms with van der Waals surface area (Å²) in [5, 5.41) is 1.83. The first-order chi connectivity index (χ1) is 19.0. The molecule has 0 fully saturated rings. The molecule has 1 aliphatic heterocycles. The molecule has 0 radical (unpaired) electrons. The van der Waals surface area contributed by atoms with Gasteiger partial charge in [-0.05, 0) is 24.6 Å². The van der Waals surface area contributed by atoms with Gasteiger partial charge in [-0.15, -0.1) is 0 Å². The van der Waals surface area contributed by atoms with Crippen molar-refractivity contribution in [3.8, 4) is 5.69 Å². The predicted octanol–water partition coefficient (Wildman–Crippen LogP) is 5.94. The number of nitrogens with one attached hydrogen (secondary N) is 1. The van der Waals surface area contributed by atoms with Gasteiger partial charge in [0.25, 0.3) is 17.4 Å². The molecule has 1 aromatic heterocycles. The van der Waals surface area contributed by atoms with E-state index in [4.69, 9.17) is 46.4 Å². The van der Waals surface area contributed by atoms with Crippen LogP contribution in [-0.2, 0) is 18.3 Å². The van der Waals surface area contributed by atoms with E-state index in [1.54, 1.807) is 73.3 Å². The minimum atomic E-state index is -1.37. The van der Waals surface area contributed by atoms with E-state index in [9.17, 15) is 19.2 Å². The SMILES string of the molecule is Cc1c(NC(=O)[C@@H](Cc2ccccc2)N2C(=O)c3c(Cl)c(Cl)c(Cl)c(Cl)c3C2=O)c(=O)n(-c2ccccc2)n1C. The third kappa shape index (κ3) is 4.51. The molecule has 204 valence electrons. The quantitative estimate of drug-likeness (QED) is 0.164. The van der Waals surface area contributed by atoms with Crippen LogP contribution >= 0.6 is 46.4 Å². The van der Waals surface area contributed by atoms with Gasteiger partial charge in [-0.25, -0.2) is 4.68 Å². The average molecular weight is 618 g/mol. The van der Waals surface area contributed by atoms with Gasteiger partial charge in [-0.2, -0.15) is 0 Å². The van der Waals surface area contributed by atoms with Gasteiger partial charge in [-0.1, -0.05) is 94.9 Å². The zero-order valence-corrected chi connectivity index (χ0v) is 24.1. The van der Waals surface area contributed by atoms with Crippen LogP contribution in [0.15, 0.2) is 65.5 Å². The van der Waals surface area contributed by atoms with Crippen LogP contribution in [0.5, 0.6) is 0 Å². The van der Waals surface area contributed by atoms with E-state index in [2.05, 4.69) is 5.32 Å². The number of fused-ring (bicyclic) bond motifs is 1. The average Bonchev–Trinajstić information content (AvgIpc) is 3.33. The normalized spacial score (nSPS) is 13.5. The van der Waals surface area contributed by atoms with E-state index < -0.39 is 29.3 Å². The summed E-state index contributed by atoms with van der Waals surface area (Å²) in [6, 6.07) is 16.4. The number of imide groups is 1. The first-order valence-electron chi connectivity index (χ1n) is 12.0. The third-order valence-corrected chi connectivity index (χ3v) is 8.62. The first-order valence-corrected chi connectivity index (χ1v) is 13.5. The minimum Gasteiger partial charge on any atom is -0.318 e. The second kappa shape index (κ2) is 10.8. The lowest BCUT2D eigenvalue weighted by atomic mass is 10.0. The van der Waals surface area contributed by atoms with Gasteiger partial charge in [-0.3, -0.25) is 28.8 Å². The number of rotatable bonds is 6. The van der Waals surface area contributed by atoms with Crippen molar-refractivity contribution >= 4 is 69.8 Å². The number of carbonyl (C=O) groups is 3. The smallest absolute Gasteiger partial charge is 0.295 e. The number of para-hydroxylation sites is 1. The lowest BCUT2D eigenvalue weighted by molar-refractivity contribution is -0.119. The maximum absolute atomic E-state index is 13.9. The molecular weight excluding hydrogens is 598 g/mol. The van der Waals surface area contributed by atoms with Crippen molar-refractivity contribution in [3.05, 3.63) is 113 Å². The fourth-order valence-electron chi connectivity index (χ4n) is 4.71. The van der Waals surface area contributed by atoms with E-state index in [1.807, 2.05) is 6.07 Å². The molecule has 3 amide bonds. The minimum absolute atomic E-state index is 0.00757. The maximum atomic E-state index is 13.9. The van der Waals surface area contributed by atoms with Gasteiger partial charge >= 0.3 is 0 Å². The fraction of sp³-hybridized carbons (Fsp3) is 0.143. The van der Waals surface area contributed by atoms with Crippen LogP contribution in [0.3, 0.4) is 0 Å². The predicted molar refractivity (Wildman–Crippen MR) is 155 cm³/mol. The van der Waals surface area contributed by atoms with Gasteiger partial charge in [0.2, 0.25) is 5.91 Å². The van der Waals surface area contributed by atoms with Crippen molar-refractivity contribution in [2.75, 3.05) is 5.32 Å². The summed E-state index contributed by atoms with van der Waals surface area (Å²) in [7, 11) is 1.68. The molecule has 0 spiro atoms. The number of carbonyl (C=O) groups excluding carboxylic acids is 3. The van der Waals surface area contributed by atoms with Crippen molar-refractivity contribution in [1.29, 1.82) is 0 Å². The Labute approximate surface area is 248 Å². The molecule has 0 saturated carbocycles. The first kappa shape index (κ1) is 28.0. The number of aromatic nitrogens is 2. The van der Waals surface area contributed by atoms with E-state index in [-0.39, 0.29) is 43.3 Å². The summed E-state index contributed by atoms with van der Waals surface area (Å²) in [6.07, 6.45) is -0.0480. The fourth-order valence-corrected chi connectivity index (χ4v) is 5.72. The summed E-state index contributed by atoms with van der Waals surface area (Å²) in [6.45, 7) is 1.67. The van der Waals surface area contributed by atoms with Crippen molar-refractivity contribution in [1.82, 2.24) is 14.3 Å². The van der Waals surface area contributed by atoms with Crippen LogP contribution < -0.4 is 10.9 Å². The van der Waals surface area contributed by atoms with Crippen LogP contribution in [0.1, 0.15) is 32.0 Å². The van der Waals surface area contributed by atoms with Gasteiger partial charge in [0, 0.05) is 13.5 Å². The summed E-state index contributed by atoms with van der Waals surface area (Å²) in [4.78, 5) is 55.3. The summed E-state index contributed by atoms with van der Waals surface area (Å²) < 4.78 is 3.01. The van der Waals surface area contributed by atoms with Crippen LogP contribution in [0, 0.1) is 6.92 Å². The molecule has 4 aromatic rings. The third-order valence-electron chi connectivity index (χ3n) is 6.82. The number of nitrogens with zero attached hydrogens (tertiary/aromatic N) is 3. The molecule has 1 atom stereocenters.